The molecular formula is C9H10F3NOS. The monoisotopic (exact) mass is 237 g/mol. The fourth-order valence-electron chi connectivity index (χ4n) is 1.02. The Morgan fingerprint density at radius 1 is 1.27 bits per heavy atom. The van der Waals surface area contributed by atoms with E-state index >= 15 is 0 Å². The number of alkyl halides is 3. The molecule has 0 aliphatic rings. The van der Waals surface area contributed by atoms with Gasteiger partial charge in [-0.2, -0.15) is 13.2 Å². The van der Waals surface area contributed by atoms with Crippen molar-refractivity contribution in [3.05, 3.63) is 29.8 Å². The van der Waals surface area contributed by atoms with E-state index in [2.05, 4.69) is 0 Å². The van der Waals surface area contributed by atoms with Crippen LogP contribution in [-0.4, -0.2) is 17.2 Å². The van der Waals surface area contributed by atoms with Gasteiger partial charge in [0.25, 0.3) is 0 Å². The van der Waals surface area contributed by atoms with E-state index < -0.39 is 11.6 Å². The summed E-state index contributed by atoms with van der Waals surface area (Å²) in [5, 5.41) is 8.73. The first-order valence-electron chi connectivity index (χ1n) is 4.14. The molecule has 0 unspecified atom stereocenters. The lowest BCUT2D eigenvalue weighted by molar-refractivity contribution is -0.0328. The molecule has 1 atom stereocenters. The van der Waals surface area contributed by atoms with Crippen LogP contribution in [0.15, 0.2) is 29.2 Å². The molecule has 15 heavy (non-hydrogen) atoms. The molecule has 0 aromatic heterocycles. The fraction of sp³-hybridized carbons (Fsp3) is 0.333. The molecule has 0 aliphatic heterocycles. The van der Waals surface area contributed by atoms with Gasteiger partial charge in [-0.05, 0) is 29.5 Å². The maximum atomic E-state index is 12.0. The summed E-state index contributed by atoms with van der Waals surface area (Å²) in [6.07, 6.45) is 0. The summed E-state index contributed by atoms with van der Waals surface area (Å²) >= 11 is -0.175. The van der Waals surface area contributed by atoms with Crippen molar-refractivity contribution in [1.82, 2.24) is 0 Å². The minimum Gasteiger partial charge on any atom is -0.394 e. The number of aliphatic hydroxyl groups excluding tert-OH is 1. The minimum atomic E-state index is -4.28. The topological polar surface area (TPSA) is 46.2 Å². The third kappa shape index (κ3) is 4.11. The molecule has 0 heterocycles. The van der Waals surface area contributed by atoms with Crippen LogP contribution in [0.5, 0.6) is 0 Å². The van der Waals surface area contributed by atoms with Crippen LogP contribution < -0.4 is 5.73 Å². The molecule has 0 radical (unpaired) electrons. The molecule has 84 valence electrons. The second-order valence-corrected chi connectivity index (χ2v) is 4.04. The number of benzene rings is 1. The van der Waals surface area contributed by atoms with Crippen LogP contribution in [0.2, 0.25) is 0 Å². The Bertz CT molecular complexity index is 312. The predicted octanol–water partition coefficient (Wildman–Crippen LogP) is 2.29. The van der Waals surface area contributed by atoms with Gasteiger partial charge in [0.05, 0.1) is 12.6 Å². The van der Waals surface area contributed by atoms with Crippen molar-refractivity contribution < 1.29 is 18.3 Å². The summed E-state index contributed by atoms with van der Waals surface area (Å²) in [4.78, 5) is 0.108. The van der Waals surface area contributed by atoms with Crippen LogP contribution in [0.1, 0.15) is 11.6 Å². The normalized spacial score (nSPS) is 13.9. The predicted molar refractivity (Wildman–Crippen MR) is 52.4 cm³/mol. The van der Waals surface area contributed by atoms with Gasteiger partial charge in [0.1, 0.15) is 0 Å². The highest BCUT2D eigenvalue weighted by atomic mass is 32.2. The second-order valence-electron chi connectivity index (χ2n) is 2.91. The Kier molecular flexibility index (Phi) is 4.01. The highest BCUT2D eigenvalue weighted by molar-refractivity contribution is 8.00. The summed E-state index contributed by atoms with van der Waals surface area (Å²) in [5.74, 6) is 0. The zero-order chi connectivity index (χ0) is 11.5. The zero-order valence-corrected chi connectivity index (χ0v) is 8.48. The van der Waals surface area contributed by atoms with Crippen molar-refractivity contribution in [1.29, 1.82) is 0 Å². The van der Waals surface area contributed by atoms with E-state index in [1.807, 2.05) is 0 Å². The average molecular weight is 237 g/mol. The maximum Gasteiger partial charge on any atom is 0.446 e. The van der Waals surface area contributed by atoms with Crippen molar-refractivity contribution in [2.45, 2.75) is 16.4 Å². The Labute approximate surface area is 89.3 Å². The highest BCUT2D eigenvalue weighted by Crippen LogP contribution is 2.36. The Balaban J connectivity index is 2.72. The number of halogens is 3. The molecule has 1 aromatic carbocycles. The molecule has 0 bridgehead atoms. The first-order chi connectivity index (χ1) is 6.92. The highest BCUT2D eigenvalue weighted by Gasteiger charge is 2.29. The van der Waals surface area contributed by atoms with Crippen LogP contribution in [-0.2, 0) is 0 Å². The molecule has 1 rings (SSSR count). The molecule has 3 N–H and O–H groups in total. The average Bonchev–Trinajstić information content (AvgIpc) is 2.15. The molecule has 0 fully saturated rings. The van der Waals surface area contributed by atoms with E-state index in [0.29, 0.717) is 5.56 Å². The van der Waals surface area contributed by atoms with Crippen LogP contribution in [0.25, 0.3) is 0 Å². The van der Waals surface area contributed by atoms with Crippen molar-refractivity contribution >= 4 is 11.8 Å². The largest absolute Gasteiger partial charge is 0.446 e. The summed E-state index contributed by atoms with van der Waals surface area (Å²) in [6, 6.07) is 5.09. The Hall–Kier alpha value is -0.720. The van der Waals surface area contributed by atoms with Gasteiger partial charge in [-0.3, -0.25) is 0 Å². The van der Waals surface area contributed by atoms with E-state index in [1.54, 1.807) is 0 Å². The number of hydrogen-bond acceptors (Lipinski definition) is 3. The van der Waals surface area contributed by atoms with Crippen LogP contribution in [0.4, 0.5) is 13.2 Å². The summed E-state index contributed by atoms with van der Waals surface area (Å²) in [7, 11) is 0. The first-order valence-corrected chi connectivity index (χ1v) is 4.96. The molecule has 0 amide bonds. The number of aliphatic hydroxyl groups is 1. The molecule has 0 saturated carbocycles. The molecule has 0 spiro atoms. The molecule has 6 heteroatoms. The van der Waals surface area contributed by atoms with Gasteiger partial charge >= 0.3 is 5.51 Å². The van der Waals surface area contributed by atoms with Crippen LogP contribution >= 0.6 is 11.8 Å². The van der Waals surface area contributed by atoms with Crippen molar-refractivity contribution in [2.75, 3.05) is 6.61 Å². The first kappa shape index (κ1) is 12.4. The lowest BCUT2D eigenvalue weighted by atomic mass is 10.1. The SMILES string of the molecule is N[C@H](CO)c1ccc(SC(F)(F)F)cc1. The van der Waals surface area contributed by atoms with Crippen molar-refractivity contribution in [2.24, 2.45) is 5.73 Å². The van der Waals surface area contributed by atoms with Gasteiger partial charge in [-0.25, -0.2) is 0 Å². The van der Waals surface area contributed by atoms with Crippen LogP contribution in [0.3, 0.4) is 0 Å². The quantitative estimate of drug-likeness (QED) is 0.793. The van der Waals surface area contributed by atoms with Gasteiger partial charge in [0, 0.05) is 4.90 Å². The van der Waals surface area contributed by atoms with Gasteiger partial charge in [0.2, 0.25) is 0 Å². The minimum absolute atomic E-state index is 0.108. The standard InChI is InChI=1S/C9H10F3NOS/c10-9(11,12)15-7-3-1-6(2-4-7)8(13)5-14/h1-4,8,14H,5,13H2/t8-/m1/s1. The van der Waals surface area contributed by atoms with Gasteiger partial charge in [-0.15, -0.1) is 0 Å². The smallest absolute Gasteiger partial charge is 0.394 e. The van der Waals surface area contributed by atoms with Gasteiger partial charge in [0.15, 0.2) is 0 Å². The lowest BCUT2D eigenvalue weighted by Crippen LogP contribution is -2.14. The molecule has 0 aliphatic carbocycles. The van der Waals surface area contributed by atoms with E-state index in [1.165, 1.54) is 24.3 Å². The second kappa shape index (κ2) is 4.87. The third-order valence-corrected chi connectivity index (χ3v) is 2.48. The molecular weight excluding hydrogens is 227 g/mol. The van der Waals surface area contributed by atoms with Crippen molar-refractivity contribution in [3.8, 4) is 0 Å². The number of nitrogens with two attached hydrogens (primary N) is 1. The number of rotatable bonds is 3. The lowest BCUT2D eigenvalue weighted by Gasteiger charge is -2.09. The van der Waals surface area contributed by atoms with Gasteiger partial charge in [-0.1, -0.05) is 12.1 Å². The van der Waals surface area contributed by atoms with E-state index in [0.717, 1.165) is 0 Å². The summed E-state index contributed by atoms with van der Waals surface area (Å²) < 4.78 is 35.9. The van der Waals surface area contributed by atoms with Gasteiger partial charge < -0.3 is 10.8 Å². The fourth-order valence-corrected chi connectivity index (χ4v) is 1.56. The summed E-state index contributed by atoms with van der Waals surface area (Å²) in [6.45, 7) is -0.230. The van der Waals surface area contributed by atoms with Crippen LogP contribution in [0, 0.1) is 0 Å². The van der Waals surface area contributed by atoms with E-state index in [9.17, 15) is 13.2 Å². The number of thioether (sulfide) groups is 1. The number of hydrogen-bond donors (Lipinski definition) is 2. The molecule has 2 nitrogen and oxygen atoms in total. The summed E-state index contributed by atoms with van der Waals surface area (Å²) in [5.41, 5.74) is 1.83. The molecule has 1 aromatic rings. The third-order valence-electron chi connectivity index (χ3n) is 1.74. The zero-order valence-electron chi connectivity index (χ0n) is 7.66. The molecule has 0 saturated heterocycles. The Morgan fingerprint density at radius 3 is 2.20 bits per heavy atom. The van der Waals surface area contributed by atoms with Crippen molar-refractivity contribution in [3.63, 3.8) is 0 Å². The van der Waals surface area contributed by atoms with E-state index in [-0.39, 0.29) is 23.3 Å². The Morgan fingerprint density at radius 2 is 1.80 bits per heavy atom. The van der Waals surface area contributed by atoms with E-state index in [4.69, 9.17) is 10.8 Å². The maximum absolute atomic E-state index is 12.0.